The van der Waals surface area contributed by atoms with Crippen molar-refractivity contribution in [3.63, 3.8) is 0 Å². The number of rotatable bonds is 3. The summed E-state index contributed by atoms with van der Waals surface area (Å²) in [5, 5.41) is 8.84. The first-order valence-corrected chi connectivity index (χ1v) is 7.36. The summed E-state index contributed by atoms with van der Waals surface area (Å²) in [6, 6.07) is 7.69. The Morgan fingerprint density at radius 3 is 2.48 bits per heavy atom. The monoisotopic (exact) mass is 328 g/mol. The molecule has 0 aliphatic rings. The summed E-state index contributed by atoms with van der Waals surface area (Å²) < 4.78 is 52.5. The van der Waals surface area contributed by atoms with Gasteiger partial charge < -0.3 is 0 Å². The fourth-order valence-electron chi connectivity index (χ4n) is 1.56. The molecule has 0 fully saturated rings. The minimum atomic E-state index is -4.15. The third-order valence-corrected chi connectivity index (χ3v) is 4.05. The summed E-state index contributed by atoms with van der Waals surface area (Å²) in [7, 11) is -4.15. The van der Waals surface area contributed by atoms with Crippen LogP contribution in [0.2, 0.25) is 5.02 Å². The zero-order chi connectivity index (χ0) is 15.6. The largest absolute Gasteiger partial charge is 0.277 e. The Bertz CT molecular complexity index is 848. The molecule has 2 aromatic carbocycles. The van der Waals surface area contributed by atoms with Gasteiger partial charge in [-0.2, -0.15) is 5.26 Å². The Labute approximate surface area is 124 Å². The highest BCUT2D eigenvalue weighted by molar-refractivity contribution is 7.92. The predicted molar refractivity (Wildman–Crippen MR) is 73.3 cm³/mol. The predicted octanol–water partition coefficient (Wildman–Crippen LogP) is 3.29. The van der Waals surface area contributed by atoms with Crippen LogP contribution in [0.25, 0.3) is 0 Å². The minimum Gasteiger partial charge on any atom is -0.277 e. The second kappa shape index (κ2) is 5.68. The highest BCUT2D eigenvalue weighted by Crippen LogP contribution is 2.23. The fourth-order valence-corrected chi connectivity index (χ4v) is 3.00. The van der Waals surface area contributed by atoms with E-state index in [1.165, 1.54) is 6.07 Å². The smallest absolute Gasteiger partial charge is 0.262 e. The van der Waals surface area contributed by atoms with Crippen molar-refractivity contribution >= 4 is 27.3 Å². The van der Waals surface area contributed by atoms with Gasteiger partial charge in [0.2, 0.25) is 0 Å². The Morgan fingerprint density at radius 2 is 1.86 bits per heavy atom. The molecule has 0 saturated heterocycles. The summed E-state index contributed by atoms with van der Waals surface area (Å²) in [6.45, 7) is 0. The van der Waals surface area contributed by atoms with Crippen molar-refractivity contribution in [3.05, 3.63) is 58.6 Å². The molecule has 0 spiro atoms. The van der Waals surface area contributed by atoms with Crippen molar-refractivity contribution in [2.45, 2.75) is 4.90 Å². The molecule has 0 unspecified atom stereocenters. The molecule has 0 amide bonds. The van der Waals surface area contributed by atoms with Crippen LogP contribution in [0.4, 0.5) is 14.5 Å². The summed E-state index contributed by atoms with van der Waals surface area (Å²) in [6.07, 6.45) is 0. The Hall–Kier alpha value is -2.17. The molecule has 0 atom stereocenters. The number of anilines is 1. The van der Waals surface area contributed by atoms with E-state index in [2.05, 4.69) is 0 Å². The Kier molecular flexibility index (Phi) is 4.11. The molecule has 8 heteroatoms. The average molecular weight is 329 g/mol. The van der Waals surface area contributed by atoms with Crippen molar-refractivity contribution in [1.29, 1.82) is 5.26 Å². The third kappa shape index (κ3) is 3.48. The van der Waals surface area contributed by atoms with Gasteiger partial charge in [0.15, 0.2) is 0 Å². The lowest BCUT2D eigenvalue weighted by molar-refractivity contribution is 0.583. The summed E-state index contributed by atoms with van der Waals surface area (Å²) in [5.41, 5.74) is -0.364. The molecule has 0 aliphatic heterocycles. The van der Waals surface area contributed by atoms with Crippen LogP contribution >= 0.6 is 11.6 Å². The molecule has 0 heterocycles. The topological polar surface area (TPSA) is 70.0 Å². The van der Waals surface area contributed by atoms with E-state index < -0.39 is 27.3 Å². The van der Waals surface area contributed by atoms with Crippen LogP contribution in [-0.2, 0) is 10.0 Å². The molecule has 21 heavy (non-hydrogen) atoms. The van der Waals surface area contributed by atoms with E-state index in [4.69, 9.17) is 16.9 Å². The van der Waals surface area contributed by atoms with Gasteiger partial charge in [0.25, 0.3) is 10.0 Å². The van der Waals surface area contributed by atoms with Crippen LogP contribution in [-0.4, -0.2) is 8.42 Å². The van der Waals surface area contributed by atoms with Crippen LogP contribution in [0.1, 0.15) is 5.56 Å². The first-order valence-electron chi connectivity index (χ1n) is 5.50. The highest BCUT2D eigenvalue weighted by Gasteiger charge is 2.18. The molecular weight excluding hydrogens is 322 g/mol. The van der Waals surface area contributed by atoms with Crippen LogP contribution in [0, 0.1) is 23.0 Å². The van der Waals surface area contributed by atoms with Crippen molar-refractivity contribution < 1.29 is 17.2 Å². The van der Waals surface area contributed by atoms with Crippen LogP contribution in [0.3, 0.4) is 0 Å². The highest BCUT2D eigenvalue weighted by atomic mass is 35.5. The van der Waals surface area contributed by atoms with E-state index in [0.29, 0.717) is 6.07 Å². The van der Waals surface area contributed by atoms with Crippen molar-refractivity contribution in [2.75, 3.05) is 4.72 Å². The maximum atomic E-state index is 13.5. The molecule has 1 N–H and O–H groups in total. The Balaban J connectivity index is 2.43. The summed E-state index contributed by atoms with van der Waals surface area (Å²) in [4.78, 5) is -0.296. The molecule has 2 rings (SSSR count). The number of halogens is 3. The zero-order valence-corrected chi connectivity index (χ0v) is 11.8. The molecule has 0 bridgehead atoms. The van der Waals surface area contributed by atoms with E-state index >= 15 is 0 Å². The SMILES string of the molecule is N#Cc1cc(Cl)cc(S(=O)(=O)Nc2ccc(F)cc2F)c1. The van der Waals surface area contributed by atoms with E-state index in [9.17, 15) is 17.2 Å². The van der Waals surface area contributed by atoms with Gasteiger partial charge in [0, 0.05) is 11.1 Å². The minimum absolute atomic E-state index is 0.0439. The maximum Gasteiger partial charge on any atom is 0.262 e. The lowest BCUT2D eigenvalue weighted by Gasteiger charge is -2.09. The lowest BCUT2D eigenvalue weighted by Crippen LogP contribution is -2.14. The number of nitrogens with zero attached hydrogens (tertiary/aromatic N) is 1. The van der Waals surface area contributed by atoms with Gasteiger partial charge in [0.1, 0.15) is 11.6 Å². The second-order valence-electron chi connectivity index (χ2n) is 4.02. The second-order valence-corrected chi connectivity index (χ2v) is 6.14. The molecule has 0 aromatic heterocycles. The molecule has 0 saturated carbocycles. The van der Waals surface area contributed by atoms with Gasteiger partial charge in [-0.15, -0.1) is 0 Å². The number of nitriles is 1. The number of sulfonamides is 1. The van der Waals surface area contributed by atoms with Crippen LogP contribution in [0.5, 0.6) is 0 Å². The van der Waals surface area contributed by atoms with E-state index in [1.807, 2.05) is 4.72 Å². The van der Waals surface area contributed by atoms with Crippen molar-refractivity contribution in [1.82, 2.24) is 0 Å². The van der Waals surface area contributed by atoms with E-state index in [1.54, 1.807) is 6.07 Å². The first kappa shape index (κ1) is 15.2. The quantitative estimate of drug-likeness (QED) is 0.939. The first-order chi connectivity index (χ1) is 9.81. The third-order valence-electron chi connectivity index (χ3n) is 2.49. The normalized spacial score (nSPS) is 11.0. The number of hydrogen-bond donors (Lipinski definition) is 1. The number of hydrogen-bond acceptors (Lipinski definition) is 3. The van der Waals surface area contributed by atoms with E-state index in [-0.39, 0.29) is 15.5 Å². The summed E-state index contributed by atoms with van der Waals surface area (Å²) in [5.74, 6) is -1.88. The molecule has 4 nitrogen and oxygen atoms in total. The van der Waals surface area contributed by atoms with Gasteiger partial charge in [-0.1, -0.05) is 11.6 Å². The van der Waals surface area contributed by atoms with Gasteiger partial charge >= 0.3 is 0 Å². The van der Waals surface area contributed by atoms with Gasteiger partial charge in [-0.3, -0.25) is 4.72 Å². The average Bonchev–Trinajstić information content (AvgIpc) is 2.41. The van der Waals surface area contributed by atoms with Crippen molar-refractivity contribution in [2.24, 2.45) is 0 Å². The lowest BCUT2D eigenvalue weighted by atomic mass is 10.2. The van der Waals surface area contributed by atoms with Crippen LogP contribution < -0.4 is 4.72 Å². The fraction of sp³-hybridized carbons (Fsp3) is 0. The number of nitrogens with one attached hydrogen (secondary N) is 1. The van der Waals surface area contributed by atoms with Crippen LogP contribution in [0.15, 0.2) is 41.3 Å². The van der Waals surface area contributed by atoms with Crippen molar-refractivity contribution in [3.8, 4) is 6.07 Å². The van der Waals surface area contributed by atoms with Gasteiger partial charge in [0.05, 0.1) is 22.2 Å². The molecule has 108 valence electrons. The maximum absolute atomic E-state index is 13.5. The molecule has 0 aliphatic carbocycles. The van der Waals surface area contributed by atoms with Gasteiger partial charge in [-0.05, 0) is 30.3 Å². The molecular formula is C13H7ClF2N2O2S. The van der Waals surface area contributed by atoms with E-state index in [0.717, 1.165) is 24.3 Å². The Morgan fingerprint density at radius 1 is 1.14 bits per heavy atom. The standard InChI is InChI=1S/C13H7ClF2N2O2S/c14-9-3-8(7-17)4-11(5-9)21(19,20)18-13-2-1-10(15)6-12(13)16/h1-6,18H. The molecule has 2 aromatic rings. The molecule has 0 radical (unpaired) electrons. The number of benzene rings is 2. The zero-order valence-electron chi connectivity index (χ0n) is 10.3. The van der Waals surface area contributed by atoms with Gasteiger partial charge in [-0.25, -0.2) is 17.2 Å². The summed E-state index contributed by atoms with van der Waals surface area (Å²) >= 11 is 5.72.